The molecule has 1 aromatic carbocycles. The van der Waals surface area contributed by atoms with Gasteiger partial charge < -0.3 is 4.57 Å². The Kier molecular flexibility index (Phi) is 3.71. The van der Waals surface area contributed by atoms with Crippen molar-refractivity contribution in [2.75, 3.05) is 0 Å². The van der Waals surface area contributed by atoms with Crippen molar-refractivity contribution in [3.8, 4) is 6.07 Å². The number of ketones is 1. The largest absolute Gasteiger partial charge is 0.343 e. The first kappa shape index (κ1) is 18.0. The standard InChI is InChI=1S/C20H14ClF2N5O/c1-27-7-11-4-10(2-3-14(11)26-27)17-19(29)15(21)18-16(25-17)12(6-24)8-28(18)9-13-5-20(13,22)23/h2-4,7-8,13,17H,5,9H2,1H3/t13-,17+/m0/s1. The number of rotatable bonds is 3. The van der Waals surface area contributed by atoms with Crippen LogP contribution < -0.4 is 10.7 Å². The van der Waals surface area contributed by atoms with Crippen LogP contribution in [0.4, 0.5) is 8.78 Å². The van der Waals surface area contributed by atoms with Gasteiger partial charge in [0.05, 0.1) is 16.4 Å². The summed E-state index contributed by atoms with van der Waals surface area (Å²) in [6, 6.07) is 6.50. The lowest BCUT2D eigenvalue weighted by molar-refractivity contribution is -0.115. The predicted octanol–water partition coefficient (Wildman–Crippen LogP) is 2.19. The lowest BCUT2D eigenvalue weighted by Gasteiger charge is -2.15. The van der Waals surface area contributed by atoms with E-state index in [1.807, 2.05) is 18.3 Å². The van der Waals surface area contributed by atoms with Gasteiger partial charge in [0.1, 0.15) is 22.5 Å². The van der Waals surface area contributed by atoms with Crippen molar-refractivity contribution in [3.05, 3.63) is 52.4 Å². The van der Waals surface area contributed by atoms with Crippen LogP contribution in [0.5, 0.6) is 0 Å². The van der Waals surface area contributed by atoms with Gasteiger partial charge in [-0.2, -0.15) is 10.4 Å². The van der Waals surface area contributed by atoms with Crippen LogP contribution in [-0.2, 0) is 18.4 Å². The molecule has 3 aromatic rings. The molecule has 0 spiro atoms. The monoisotopic (exact) mass is 413 g/mol. The summed E-state index contributed by atoms with van der Waals surface area (Å²) in [5, 5.41) is 15.1. The number of aryl methyl sites for hydroxylation is 1. The molecule has 146 valence electrons. The molecule has 3 heterocycles. The third-order valence-corrected chi connectivity index (χ3v) is 5.80. The molecule has 2 atom stereocenters. The fourth-order valence-electron chi connectivity index (χ4n) is 3.82. The van der Waals surface area contributed by atoms with E-state index >= 15 is 0 Å². The summed E-state index contributed by atoms with van der Waals surface area (Å²) in [6.07, 6.45) is 3.07. The normalized spacial score (nSPS) is 22.3. The van der Waals surface area contributed by atoms with Crippen LogP contribution in [-0.4, -0.2) is 26.1 Å². The molecule has 29 heavy (non-hydrogen) atoms. The van der Waals surface area contributed by atoms with Gasteiger partial charge in [0, 0.05) is 43.7 Å². The van der Waals surface area contributed by atoms with Gasteiger partial charge >= 0.3 is 0 Å². The average Bonchev–Trinajstić information content (AvgIpc) is 3.00. The summed E-state index contributed by atoms with van der Waals surface area (Å²) in [6.45, 7) is -0.0116. The van der Waals surface area contributed by atoms with Gasteiger partial charge in [0.2, 0.25) is 5.78 Å². The summed E-state index contributed by atoms with van der Waals surface area (Å²) in [7, 11) is 1.80. The zero-order chi connectivity index (χ0) is 20.5. The Hall–Kier alpha value is -3.05. The van der Waals surface area contributed by atoms with E-state index in [9.17, 15) is 18.8 Å². The number of carbonyl (C=O) groups excluding carboxylic acids is 1. The smallest absolute Gasteiger partial charge is 0.253 e. The van der Waals surface area contributed by atoms with Gasteiger partial charge in [-0.1, -0.05) is 17.7 Å². The van der Waals surface area contributed by atoms with Crippen molar-refractivity contribution in [2.24, 2.45) is 18.0 Å². The van der Waals surface area contributed by atoms with Crippen molar-refractivity contribution in [1.29, 1.82) is 5.26 Å². The van der Waals surface area contributed by atoms with Crippen molar-refractivity contribution < 1.29 is 13.6 Å². The first-order chi connectivity index (χ1) is 13.8. The SMILES string of the molecule is Cn1cc2cc([C@H]3N=c4c(C#N)cn(C[C@@H]5CC5(F)F)c4=C(Cl)C3=O)ccc2n1. The molecule has 1 aliphatic carbocycles. The number of benzene rings is 1. The second-order valence-corrected chi connectivity index (χ2v) is 7.88. The molecule has 0 N–H and O–H groups in total. The number of hydrogen-bond donors (Lipinski definition) is 0. The fourth-order valence-corrected chi connectivity index (χ4v) is 4.13. The third-order valence-electron chi connectivity index (χ3n) is 5.43. The Labute approximate surface area is 168 Å². The molecule has 2 aliphatic rings. The highest BCUT2D eigenvalue weighted by Crippen LogP contribution is 2.49. The Bertz CT molecular complexity index is 1360. The predicted molar refractivity (Wildman–Crippen MR) is 101 cm³/mol. The molecular formula is C20H14ClF2N5O. The molecule has 0 bridgehead atoms. The lowest BCUT2D eigenvalue weighted by Crippen LogP contribution is -2.39. The summed E-state index contributed by atoms with van der Waals surface area (Å²) in [4.78, 5) is 17.5. The topological polar surface area (TPSA) is 76.0 Å². The molecular weight excluding hydrogens is 400 g/mol. The van der Waals surface area contributed by atoms with Crippen LogP contribution in [0.2, 0.25) is 0 Å². The molecule has 0 radical (unpaired) electrons. The molecule has 1 fully saturated rings. The minimum Gasteiger partial charge on any atom is -0.343 e. The number of hydrogen-bond acceptors (Lipinski definition) is 4. The summed E-state index contributed by atoms with van der Waals surface area (Å²) >= 11 is 6.39. The van der Waals surface area contributed by atoms with Gasteiger partial charge in [-0.3, -0.25) is 14.5 Å². The highest BCUT2D eigenvalue weighted by Gasteiger charge is 2.56. The second-order valence-electron chi connectivity index (χ2n) is 7.50. The Morgan fingerprint density at radius 3 is 2.83 bits per heavy atom. The summed E-state index contributed by atoms with van der Waals surface area (Å²) in [5.41, 5.74) is 1.62. The Morgan fingerprint density at radius 2 is 2.14 bits per heavy atom. The van der Waals surface area contributed by atoms with Gasteiger partial charge in [-0.15, -0.1) is 0 Å². The fraction of sp³-hybridized carbons (Fsp3) is 0.300. The molecule has 1 saturated carbocycles. The number of aromatic nitrogens is 3. The molecule has 9 heteroatoms. The maximum atomic E-state index is 13.4. The first-order valence-corrected chi connectivity index (χ1v) is 9.38. The highest BCUT2D eigenvalue weighted by atomic mass is 35.5. The molecule has 5 rings (SSSR count). The van der Waals surface area contributed by atoms with Crippen molar-refractivity contribution >= 4 is 33.3 Å². The number of nitriles is 1. The minimum atomic E-state index is -2.71. The van der Waals surface area contributed by atoms with Gasteiger partial charge in [-0.05, 0) is 17.7 Å². The second kappa shape index (κ2) is 5.97. The van der Waals surface area contributed by atoms with E-state index in [1.165, 1.54) is 10.8 Å². The van der Waals surface area contributed by atoms with Crippen LogP contribution in [0.15, 0.2) is 35.6 Å². The quantitative estimate of drug-likeness (QED) is 0.660. The van der Waals surface area contributed by atoms with Gasteiger partial charge in [0.15, 0.2) is 0 Å². The Morgan fingerprint density at radius 1 is 1.38 bits per heavy atom. The number of fused-ring (bicyclic) bond motifs is 2. The van der Waals surface area contributed by atoms with Crippen LogP contribution in [0, 0.1) is 17.2 Å². The average molecular weight is 414 g/mol. The van der Waals surface area contributed by atoms with Crippen LogP contribution >= 0.6 is 11.6 Å². The van der Waals surface area contributed by atoms with E-state index in [2.05, 4.69) is 10.1 Å². The number of carbonyl (C=O) groups is 1. The summed E-state index contributed by atoms with van der Waals surface area (Å²) < 4.78 is 29.9. The van der Waals surface area contributed by atoms with Gasteiger partial charge in [0.25, 0.3) is 5.92 Å². The van der Waals surface area contributed by atoms with Gasteiger partial charge in [-0.25, -0.2) is 8.78 Å². The third kappa shape index (κ3) is 2.76. The molecule has 6 nitrogen and oxygen atoms in total. The lowest BCUT2D eigenvalue weighted by atomic mass is 9.99. The van der Waals surface area contributed by atoms with Crippen LogP contribution in [0.25, 0.3) is 15.9 Å². The molecule has 0 unspecified atom stereocenters. The Balaban J connectivity index is 1.65. The molecule has 2 aromatic heterocycles. The molecule has 0 amide bonds. The molecule has 0 saturated heterocycles. The number of nitrogens with zero attached hydrogens (tertiary/aromatic N) is 5. The number of alkyl halides is 2. The van der Waals surface area contributed by atoms with E-state index in [4.69, 9.17) is 11.6 Å². The summed E-state index contributed by atoms with van der Waals surface area (Å²) in [5.74, 6) is -3.96. The van der Waals surface area contributed by atoms with E-state index in [0.717, 1.165) is 10.9 Å². The molecule has 1 aliphatic heterocycles. The highest BCUT2D eigenvalue weighted by molar-refractivity contribution is 6.61. The maximum Gasteiger partial charge on any atom is 0.253 e. The van der Waals surface area contributed by atoms with E-state index in [-0.39, 0.29) is 34.3 Å². The van der Waals surface area contributed by atoms with Crippen LogP contribution in [0.1, 0.15) is 23.6 Å². The number of Topliss-reactive ketones (excluding diaryl/α,β-unsaturated/α-hetero) is 1. The zero-order valence-corrected chi connectivity index (χ0v) is 16.0. The minimum absolute atomic E-state index is 0.0116. The zero-order valence-electron chi connectivity index (χ0n) is 15.2. The first-order valence-electron chi connectivity index (χ1n) is 9.00. The van der Waals surface area contributed by atoms with Crippen LogP contribution in [0.3, 0.4) is 0 Å². The van der Waals surface area contributed by atoms with Crippen molar-refractivity contribution in [2.45, 2.75) is 24.9 Å². The van der Waals surface area contributed by atoms with E-state index < -0.39 is 23.7 Å². The maximum absolute atomic E-state index is 13.4. The van der Waals surface area contributed by atoms with E-state index in [0.29, 0.717) is 5.56 Å². The van der Waals surface area contributed by atoms with Crippen molar-refractivity contribution in [1.82, 2.24) is 14.3 Å². The van der Waals surface area contributed by atoms with E-state index in [1.54, 1.807) is 23.9 Å². The number of halogens is 3. The van der Waals surface area contributed by atoms with Crippen molar-refractivity contribution in [3.63, 3.8) is 0 Å².